The molecule has 5 nitrogen and oxygen atoms in total. The number of hydrogen-bond donors (Lipinski definition) is 0. The third kappa shape index (κ3) is 4.91. The van der Waals surface area contributed by atoms with Crippen LogP contribution in [-0.4, -0.2) is 19.9 Å². The van der Waals surface area contributed by atoms with Gasteiger partial charge in [0.2, 0.25) is 5.71 Å². The molecule has 0 N–H and O–H groups in total. The lowest BCUT2D eigenvalue weighted by Crippen LogP contribution is -2.00. The van der Waals surface area contributed by atoms with Crippen LogP contribution in [0.4, 0.5) is 0 Å². The van der Waals surface area contributed by atoms with Gasteiger partial charge in [-0.15, -0.1) is 0 Å². The Kier molecular flexibility index (Phi) is 6.39. The van der Waals surface area contributed by atoms with E-state index in [1.807, 2.05) is 66.9 Å². The van der Waals surface area contributed by atoms with E-state index in [0.29, 0.717) is 23.2 Å². The zero-order valence-corrected chi connectivity index (χ0v) is 25.2. The Hall–Kier alpha value is -6.46. The first-order valence-electron chi connectivity index (χ1n) is 15.5. The maximum atomic E-state index is 6.08. The first kappa shape index (κ1) is 26.9. The molecule has 9 rings (SSSR count). The molecule has 0 aliphatic carbocycles. The molecule has 0 aliphatic heterocycles. The average Bonchev–Trinajstić information content (AvgIpc) is 3.55. The summed E-state index contributed by atoms with van der Waals surface area (Å²) in [6.45, 7) is 0. The fourth-order valence-electron chi connectivity index (χ4n) is 6.18. The number of rotatable bonds is 5. The summed E-state index contributed by atoms with van der Waals surface area (Å²) in [6.07, 6.45) is 1.86. The van der Waals surface area contributed by atoms with E-state index in [1.165, 1.54) is 11.1 Å². The molecule has 220 valence electrons. The monoisotopic (exact) mass is 602 g/mol. The Morgan fingerprint density at radius 3 is 1.49 bits per heavy atom. The van der Waals surface area contributed by atoms with Gasteiger partial charge in [-0.25, -0.2) is 19.9 Å². The van der Waals surface area contributed by atoms with Crippen LogP contribution < -0.4 is 0 Å². The Balaban J connectivity index is 1.13. The van der Waals surface area contributed by atoms with Crippen LogP contribution in [0.2, 0.25) is 0 Å². The van der Waals surface area contributed by atoms with Gasteiger partial charge in [0.1, 0.15) is 5.58 Å². The van der Waals surface area contributed by atoms with Crippen molar-refractivity contribution in [3.8, 4) is 56.4 Å². The topological polar surface area (TPSA) is 64.7 Å². The van der Waals surface area contributed by atoms with Gasteiger partial charge in [0.25, 0.3) is 0 Å². The van der Waals surface area contributed by atoms with Crippen LogP contribution >= 0.6 is 0 Å². The maximum Gasteiger partial charge on any atom is 0.227 e. The summed E-state index contributed by atoms with van der Waals surface area (Å²) in [4.78, 5) is 19.5. The molecule has 0 bridgehead atoms. The highest BCUT2D eigenvalue weighted by molar-refractivity contribution is 6.17. The highest BCUT2D eigenvalue weighted by Gasteiger charge is 2.16. The molecule has 0 spiro atoms. The fourth-order valence-corrected chi connectivity index (χ4v) is 6.18. The molecular weight excluding hydrogens is 576 g/mol. The second kappa shape index (κ2) is 11.2. The highest BCUT2D eigenvalue weighted by atomic mass is 16.3. The van der Waals surface area contributed by atoms with Gasteiger partial charge in [0, 0.05) is 33.7 Å². The third-order valence-electron chi connectivity index (χ3n) is 8.61. The van der Waals surface area contributed by atoms with Crippen LogP contribution in [0.25, 0.3) is 89.3 Å². The van der Waals surface area contributed by atoms with Crippen molar-refractivity contribution in [3.05, 3.63) is 158 Å². The number of para-hydroxylation sites is 1. The van der Waals surface area contributed by atoms with Crippen molar-refractivity contribution in [1.29, 1.82) is 0 Å². The molecule has 0 fully saturated rings. The van der Waals surface area contributed by atoms with Crippen LogP contribution in [-0.2, 0) is 0 Å². The minimum absolute atomic E-state index is 0.606. The van der Waals surface area contributed by atoms with Gasteiger partial charge in [0.15, 0.2) is 17.5 Å². The Bertz CT molecular complexity index is 2540. The van der Waals surface area contributed by atoms with E-state index in [2.05, 4.69) is 96.0 Å². The first-order chi connectivity index (χ1) is 23.3. The van der Waals surface area contributed by atoms with Gasteiger partial charge in [-0.1, -0.05) is 140 Å². The van der Waals surface area contributed by atoms with Crippen LogP contribution in [0.5, 0.6) is 0 Å². The van der Waals surface area contributed by atoms with E-state index in [4.69, 9.17) is 19.4 Å². The fraction of sp³-hybridized carbons (Fsp3) is 0. The van der Waals surface area contributed by atoms with E-state index in [9.17, 15) is 0 Å². The lowest BCUT2D eigenvalue weighted by Gasteiger charge is -2.10. The number of pyridine rings is 1. The van der Waals surface area contributed by atoms with Crippen molar-refractivity contribution in [2.75, 3.05) is 0 Å². The van der Waals surface area contributed by atoms with Crippen LogP contribution in [0.15, 0.2) is 162 Å². The zero-order chi connectivity index (χ0) is 31.2. The summed E-state index contributed by atoms with van der Waals surface area (Å²) in [5.41, 5.74) is 8.87. The second-order valence-electron chi connectivity index (χ2n) is 11.5. The number of hydrogen-bond acceptors (Lipinski definition) is 5. The molecule has 3 heterocycles. The second-order valence-corrected chi connectivity index (χ2v) is 11.5. The van der Waals surface area contributed by atoms with Crippen molar-refractivity contribution >= 4 is 32.8 Å². The van der Waals surface area contributed by atoms with Crippen molar-refractivity contribution in [2.24, 2.45) is 0 Å². The summed E-state index contributed by atoms with van der Waals surface area (Å²) >= 11 is 0. The number of benzene rings is 6. The van der Waals surface area contributed by atoms with Gasteiger partial charge < -0.3 is 4.42 Å². The van der Waals surface area contributed by atoms with Crippen LogP contribution in [0.3, 0.4) is 0 Å². The maximum absolute atomic E-state index is 6.08. The molecule has 0 amide bonds. The number of furan rings is 1. The van der Waals surface area contributed by atoms with Crippen LogP contribution in [0, 0.1) is 0 Å². The summed E-state index contributed by atoms with van der Waals surface area (Å²) in [5.74, 6) is 1.85. The lowest BCUT2D eigenvalue weighted by molar-refractivity contribution is 0.654. The molecule has 47 heavy (non-hydrogen) atoms. The Morgan fingerprint density at radius 2 is 0.851 bits per heavy atom. The molecule has 3 aromatic heterocycles. The highest BCUT2D eigenvalue weighted by Crippen LogP contribution is 2.35. The molecule has 9 aromatic rings. The zero-order valence-electron chi connectivity index (χ0n) is 25.2. The van der Waals surface area contributed by atoms with Gasteiger partial charge in [-0.05, 0) is 39.8 Å². The molecule has 6 aromatic carbocycles. The van der Waals surface area contributed by atoms with Crippen molar-refractivity contribution in [2.45, 2.75) is 0 Å². The smallest absolute Gasteiger partial charge is 0.227 e. The quantitative estimate of drug-likeness (QED) is 0.196. The predicted molar refractivity (Wildman–Crippen MR) is 190 cm³/mol. The summed E-state index contributed by atoms with van der Waals surface area (Å²) < 4.78 is 6.08. The summed E-state index contributed by atoms with van der Waals surface area (Å²) in [5, 5.41) is 4.10. The number of nitrogens with zero attached hydrogens (tertiary/aromatic N) is 4. The van der Waals surface area contributed by atoms with Gasteiger partial charge >= 0.3 is 0 Å². The molecule has 0 saturated heterocycles. The Labute approximate surface area is 270 Å². The summed E-state index contributed by atoms with van der Waals surface area (Å²) in [7, 11) is 0. The van der Waals surface area contributed by atoms with Crippen molar-refractivity contribution in [3.63, 3.8) is 0 Å². The van der Waals surface area contributed by atoms with Gasteiger partial charge in [-0.2, -0.15) is 0 Å². The molecule has 0 unspecified atom stereocenters. The van der Waals surface area contributed by atoms with E-state index in [-0.39, 0.29) is 0 Å². The third-order valence-corrected chi connectivity index (χ3v) is 8.61. The summed E-state index contributed by atoms with van der Waals surface area (Å²) in [6, 6.07) is 51.9. The predicted octanol–water partition coefficient (Wildman–Crippen LogP) is 10.7. The SMILES string of the molecule is c1ccc(-c2ccc(-c3ccc(-c4nc(-c5ccccc5)nc(-c5ccc6cnc7oc8ccccc8c7c6c5)n4)cc3)cc2)cc1. The first-order valence-corrected chi connectivity index (χ1v) is 15.5. The molecular formula is C42H26N4O. The van der Waals surface area contributed by atoms with Gasteiger partial charge in [0.05, 0.1) is 5.39 Å². The van der Waals surface area contributed by atoms with Crippen molar-refractivity contribution < 1.29 is 4.42 Å². The van der Waals surface area contributed by atoms with E-state index >= 15 is 0 Å². The van der Waals surface area contributed by atoms with Crippen molar-refractivity contribution in [1.82, 2.24) is 19.9 Å². The molecule has 0 aliphatic rings. The minimum atomic E-state index is 0.606. The molecule has 5 heteroatoms. The standard InChI is InChI=1S/C42H26N4O/c1-3-9-27(10-4-1)28-15-17-29(18-16-28)30-19-21-32(22-20-30)40-44-39(31-11-5-2-6-12-31)45-41(46-40)33-23-24-34-26-43-42-38(36(34)25-33)35-13-7-8-14-37(35)47-42/h1-26H. The number of fused-ring (bicyclic) bond motifs is 5. The number of aromatic nitrogens is 4. The Morgan fingerprint density at radius 1 is 0.383 bits per heavy atom. The minimum Gasteiger partial charge on any atom is -0.438 e. The molecule has 0 saturated carbocycles. The van der Waals surface area contributed by atoms with E-state index in [1.54, 1.807) is 0 Å². The lowest BCUT2D eigenvalue weighted by atomic mass is 9.99. The van der Waals surface area contributed by atoms with E-state index < -0.39 is 0 Å². The normalized spacial score (nSPS) is 11.4. The van der Waals surface area contributed by atoms with E-state index in [0.717, 1.165) is 54.9 Å². The molecule has 0 atom stereocenters. The van der Waals surface area contributed by atoms with Gasteiger partial charge in [-0.3, -0.25) is 0 Å². The largest absolute Gasteiger partial charge is 0.438 e. The average molecular weight is 603 g/mol. The van der Waals surface area contributed by atoms with Crippen LogP contribution in [0.1, 0.15) is 0 Å². The molecule has 0 radical (unpaired) electrons.